The molecule has 246 valence electrons. The summed E-state index contributed by atoms with van der Waals surface area (Å²) in [5.41, 5.74) is 1.21. The molecule has 14 heteroatoms. The van der Waals surface area contributed by atoms with E-state index in [0.29, 0.717) is 45.4 Å². The fourth-order valence-electron chi connectivity index (χ4n) is 5.75. The smallest absolute Gasteiger partial charge is 0.332 e. The number of methoxy groups -OCH3 is 1. The molecule has 11 nitrogen and oxygen atoms in total. The molecule has 0 aliphatic carbocycles. The first-order chi connectivity index (χ1) is 23.4. The zero-order chi connectivity index (χ0) is 33.2. The van der Waals surface area contributed by atoms with Crippen LogP contribution in [0.15, 0.2) is 67.0 Å². The molecule has 7 rings (SSSR count). The molecule has 0 saturated carbocycles. The quantitative estimate of drug-likeness (QED) is 0.151. The van der Waals surface area contributed by atoms with Crippen LogP contribution in [0, 0.1) is 5.82 Å². The van der Waals surface area contributed by atoms with E-state index in [1.165, 1.54) is 48.7 Å². The zero-order valence-corrected chi connectivity index (χ0v) is 27.4. The van der Waals surface area contributed by atoms with Gasteiger partial charge >= 0.3 is 6.03 Å². The molecule has 1 saturated heterocycles. The van der Waals surface area contributed by atoms with Gasteiger partial charge in [0.05, 0.1) is 28.9 Å². The molecule has 0 bridgehead atoms. The number of aromatic nitrogens is 2. The molecule has 4 heterocycles. The summed E-state index contributed by atoms with van der Waals surface area (Å²) in [6, 6.07) is 15.1. The van der Waals surface area contributed by atoms with Gasteiger partial charge in [0.25, 0.3) is 5.91 Å². The Morgan fingerprint density at radius 1 is 1.04 bits per heavy atom. The first-order valence-corrected chi connectivity index (χ1v) is 16.5. The number of hydrogen-bond acceptors (Lipinski definition) is 9. The Hall–Kier alpha value is -4.98. The van der Waals surface area contributed by atoms with Crippen molar-refractivity contribution in [2.75, 3.05) is 48.9 Å². The van der Waals surface area contributed by atoms with Gasteiger partial charge in [-0.15, -0.1) is 11.3 Å². The van der Waals surface area contributed by atoms with Crippen LogP contribution in [0.2, 0.25) is 5.02 Å². The predicted molar refractivity (Wildman–Crippen MR) is 183 cm³/mol. The van der Waals surface area contributed by atoms with Crippen molar-refractivity contribution in [3.05, 3.63) is 82.7 Å². The number of urea groups is 1. The summed E-state index contributed by atoms with van der Waals surface area (Å²) in [5.74, 6) is 1.04. The minimum atomic E-state index is -0.544. The third-order valence-electron chi connectivity index (χ3n) is 8.05. The highest BCUT2D eigenvalue weighted by Crippen LogP contribution is 2.46. The molecule has 1 fully saturated rings. The highest BCUT2D eigenvalue weighted by Gasteiger charge is 2.34. The fourth-order valence-corrected chi connectivity index (χ4v) is 6.96. The summed E-state index contributed by atoms with van der Waals surface area (Å²) in [5, 5.41) is 6.45. The summed E-state index contributed by atoms with van der Waals surface area (Å²) in [6.07, 6.45) is 5.05. The van der Waals surface area contributed by atoms with Crippen LogP contribution in [-0.4, -0.2) is 60.2 Å². The van der Waals surface area contributed by atoms with Gasteiger partial charge in [-0.25, -0.2) is 24.1 Å². The van der Waals surface area contributed by atoms with E-state index in [1.807, 2.05) is 0 Å². The lowest BCUT2D eigenvalue weighted by Gasteiger charge is -2.27. The number of ether oxygens (including phenoxy) is 3. The molecular formula is C34H30ClFN6O5S. The molecule has 0 atom stereocenters. The van der Waals surface area contributed by atoms with Gasteiger partial charge in [-0.2, -0.15) is 0 Å². The zero-order valence-electron chi connectivity index (χ0n) is 25.8. The number of carbonyl (C=O) groups is 2. The number of nitrogens with zero attached hydrogens (tertiary/aromatic N) is 4. The van der Waals surface area contributed by atoms with Gasteiger partial charge in [-0.3, -0.25) is 9.69 Å². The third kappa shape index (κ3) is 6.44. The van der Waals surface area contributed by atoms with Crippen LogP contribution in [0.5, 0.6) is 23.0 Å². The summed E-state index contributed by atoms with van der Waals surface area (Å²) in [6.45, 7) is 3.56. The van der Waals surface area contributed by atoms with Crippen LogP contribution in [0.4, 0.5) is 32.1 Å². The van der Waals surface area contributed by atoms with E-state index < -0.39 is 17.8 Å². The fraction of sp³-hybridized carbons (Fsp3) is 0.235. The average Bonchev–Trinajstić information content (AvgIpc) is 3.46. The van der Waals surface area contributed by atoms with E-state index in [9.17, 15) is 14.0 Å². The first kappa shape index (κ1) is 31.6. The van der Waals surface area contributed by atoms with Gasteiger partial charge in [0.1, 0.15) is 40.0 Å². The van der Waals surface area contributed by atoms with Gasteiger partial charge in [-0.1, -0.05) is 24.1 Å². The first-order valence-electron chi connectivity index (χ1n) is 15.3. The van der Waals surface area contributed by atoms with E-state index in [4.69, 9.17) is 25.8 Å². The van der Waals surface area contributed by atoms with Crippen LogP contribution in [0.1, 0.15) is 28.9 Å². The highest BCUT2D eigenvalue weighted by molar-refractivity contribution is 7.21. The van der Waals surface area contributed by atoms with Crippen LogP contribution in [-0.2, 0) is 0 Å². The Kier molecular flexibility index (Phi) is 8.98. The Bertz CT molecular complexity index is 2020. The van der Waals surface area contributed by atoms with Gasteiger partial charge in [0.2, 0.25) is 0 Å². The largest absolute Gasteiger partial charge is 0.493 e. The van der Waals surface area contributed by atoms with Crippen molar-refractivity contribution in [1.82, 2.24) is 14.9 Å². The second-order valence-electron chi connectivity index (χ2n) is 11.2. The van der Waals surface area contributed by atoms with Crippen LogP contribution < -0.4 is 29.7 Å². The Morgan fingerprint density at radius 2 is 1.88 bits per heavy atom. The standard InChI is InChI=1S/C34H30ClFN6O5S/c1-45-27-17-21(8-10-26(27)46-15-14-41-12-3-2-4-13-41)39-32(43)30-29-28-31(37-19-38-33(28)48-30)42(34(44)40-29)22-9-11-25(24(35)18-22)47-23-7-5-6-20(36)16-23/h5-11,16-19H,2-4,12-15H2,1H3,(H,39,43)(H,40,44). The molecule has 2 N–H and O–H groups in total. The maximum Gasteiger partial charge on any atom is 0.332 e. The molecule has 0 radical (unpaired) electrons. The van der Waals surface area contributed by atoms with Gasteiger partial charge in [0, 0.05) is 24.4 Å². The normalized spacial score (nSPS) is 14.5. The van der Waals surface area contributed by atoms with Gasteiger partial charge in [0.15, 0.2) is 17.3 Å². The van der Waals surface area contributed by atoms with Crippen molar-refractivity contribution in [3.8, 4) is 23.0 Å². The minimum Gasteiger partial charge on any atom is -0.493 e. The monoisotopic (exact) mass is 688 g/mol. The summed E-state index contributed by atoms with van der Waals surface area (Å²) < 4.78 is 30.9. The summed E-state index contributed by atoms with van der Waals surface area (Å²) in [7, 11) is 1.55. The average molecular weight is 689 g/mol. The second kappa shape index (κ2) is 13.6. The van der Waals surface area contributed by atoms with E-state index in [0.717, 1.165) is 31.0 Å². The van der Waals surface area contributed by atoms with Crippen molar-refractivity contribution >= 4 is 68.0 Å². The van der Waals surface area contributed by atoms with E-state index >= 15 is 0 Å². The Balaban J connectivity index is 1.10. The van der Waals surface area contributed by atoms with Crippen molar-refractivity contribution in [2.24, 2.45) is 0 Å². The lowest BCUT2D eigenvalue weighted by Crippen LogP contribution is -2.35. The highest BCUT2D eigenvalue weighted by atomic mass is 35.5. The van der Waals surface area contributed by atoms with Crippen molar-refractivity contribution < 1.29 is 28.2 Å². The number of halogens is 2. The lowest BCUT2D eigenvalue weighted by atomic mass is 10.1. The number of thiophene rings is 1. The maximum atomic E-state index is 13.6. The van der Waals surface area contributed by atoms with Crippen molar-refractivity contribution in [2.45, 2.75) is 19.3 Å². The number of piperidine rings is 1. The number of benzene rings is 3. The molecule has 2 aliphatic rings. The molecule has 48 heavy (non-hydrogen) atoms. The second-order valence-corrected chi connectivity index (χ2v) is 12.6. The Morgan fingerprint density at radius 3 is 2.67 bits per heavy atom. The molecular weight excluding hydrogens is 659 g/mol. The molecule has 2 aliphatic heterocycles. The SMILES string of the molecule is COc1cc(NC(=O)c2sc3ncnc4c3c2NC(=O)N4c2ccc(Oc3cccc(F)c3)c(Cl)c2)ccc1OCCN1CCCCC1. The molecule has 0 unspecified atom stereocenters. The minimum absolute atomic E-state index is 0.194. The van der Waals surface area contributed by atoms with E-state index in [1.54, 1.807) is 49.6 Å². The van der Waals surface area contributed by atoms with E-state index in [-0.39, 0.29) is 27.2 Å². The topological polar surface area (TPSA) is 118 Å². The molecule has 5 aromatic rings. The molecule has 2 aromatic heterocycles. The Labute approximate surface area is 284 Å². The van der Waals surface area contributed by atoms with Crippen LogP contribution in [0.25, 0.3) is 10.2 Å². The summed E-state index contributed by atoms with van der Waals surface area (Å²) in [4.78, 5) is 40.4. The van der Waals surface area contributed by atoms with E-state index in [2.05, 4.69) is 25.5 Å². The van der Waals surface area contributed by atoms with Crippen LogP contribution >= 0.6 is 22.9 Å². The number of anilines is 4. The van der Waals surface area contributed by atoms with Gasteiger partial charge < -0.3 is 24.8 Å². The maximum absolute atomic E-state index is 13.6. The number of amides is 3. The van der Waals surface area contributed by atoms with Crippen molar-refractivity contribution in [3.63, 3.8) is 0 Å². The van der Waals surface area contributed by atoms with Gasteiger partial charge in [-0.05, 0) is 68.4 Å². The lowest BCUT2D eigenvalue weighted by molar-refractivity contribution is 0.103. The van der Waals surface area contributed by atoms with Crippen LogP contribution in [0.3, 0.4) is 0 Å². The number of rotatable bonds is 10. The number of nitrogens with one attached hydrogen (secondary N) is 2. The predicted octanol–water partition coefficient (Wildman–Crippen LogP) is 8.09. The number of carbonyl (C=O) groups excluding carboxylic acids is 2. The summed E-state index contributed by atoms with van der Waals surface area (Å²) >= 11 is 7.65. The third-order valence-corrected chi connectivity index (χ3v) is 9.45. The van der Waals surface area contributed by atoms with Crippen molar-refractivity contribution in [1.29, 1.82) is 0 Å². The molecule has 0 spiro atoms. The molecule has 3 amide bonds. The number of likely N-dealkylation sites (tertiary alicyclic amines) is 1. The number of hydrogen-bond donors (Lipinski definition) is 2. The molecule has 3 aromatic carbocycles.